The van der Waals surface area contributed by atoms with Crippen LogP contribution in [0.15, 0.2) is 18.2 Å². The summed E-state index contributed by atoms with van der Waals surface area (Å²) in [6.07, 6.45) is -15.4. The molecule has 0 amide bonds. The van der Waals surface area contributed by atoms with Crippen molar-refractivity contribution in [3.63, 3.8) is 0 Å². The van der Waals surface area contributed by atoms with Crippen LogP contribution in [0.1, 0.15) is 17.1 Å². The van der Waals surface area contributed by atoms with Crippen LogP contribution in [0.25, 0.3) is 16.7 Å². The Labute approximate surface area is 158 Å². The van der Waals surface area contributed by atoms with Gasteiger partial charge >= 0.3 is 18.5 Å². The molecule has 0 saturated carbocycles. The summed E-state index contributed by atoms with van der Waals surface area (Å²) < 4.78 is 117. The number of hydrogen-bond acceptors (Lipinski definition) is 4. The smallest absolute Gasteiger partial charge is 0.383 e. The average molecular weight is 450 g/mol. The van der Waals surface area contributed by atoms with Crippen molar-refractivity contribution in [1.82, 2.24) is 19.7 Å². The molecule has 156 valence electrons. The predicted octanol–water partition coefficient (Wildman–Crippen LogP) is 5.11. The molecule has 2 aromatic heterocycles. The molecule has 0 aliphatic heterocycles. The van der Waals surface area contributed by atoms with Gasteiger partial charge in [-0.05, 0) is 18.2 Å². The van der Waals surface area contributed by atoms with Crippen molar-refractivity contribution in [2.75, 3.05) is 5.73 Å². The Hall–Kier alpha value is -2.77. The molecule has 0 bridgehead atoms. The highest BCUT2D eigenvalue weighted by molar-refractivity contribution is 6.32. The number of nitrogen functional groups attached to an aromatic ring is 1. The molecular weight excluding hydrogens is 445 g/mol. The fraction of sp³-hybridized carbons (Fsp3) is 0.214. The van der Waals surface area contributed by atoms with Crippen molar-refractivity contribution in [1.29, 1.82) is 0 Å². The summed E-state index contributed by atoms with van der Waals surface area (Å²) in [4.78, 5) is 5.45. The molecule has 0 aliphatic rings. The standard InChI is InChI=1S/C14H5ClF9N5/c15-5-3-4(12(16,17)18)1-2-6(5)29-9(25)7-8(13(19,20)21)26-11(14(22,23)24)27-10(7)28-29/h1-3H,25H2. The summed E-state index contributed by atoms with van der Waals surface area (Å²) in [6.45, 7) is 0. The van der Waals surface area contributed by atoms with E-state index in [1.54, 1.807) is 0 Å². The maximum atomic E-state index is 13.2. The number of aromatic nitrogens is 4. The zero-order valence-corrected chi connectivity index (χ0v) is 14.1. The van der Waals surface area contributed by atoms with Crippen molar-refractivity contribution in [3.05, 3.63) is 40.3 Å². The number of nitrogens with two attached hydrogens (primary N) is 1. The summed E-state index contributed by atoms with van der Waals surface area (Å²) in [5, 5.41) is 1.79. The molecule has 3 rings (SSSR count). The topological polar surface area (TPSA) is 69.6 Å². The van der Waals surface area contributed by atoms with Crippen LogP contribution in [0.3, 0.4) is 0 Å². The highest BCUT2D eigenvalue weighted by Crippen LogP contribution is 2.40. The SMILES string of the molecule is Nc1c2c(C(F)(F)F)nc(C(F)(F)F)nc2nn1-c1ccc(C(F)(F)F)cc1Cl. The summed E-state index contributed by atoms with van der Waals surface area (Å²) in [5.41, 5.74) is 0.943. The first kappa shape index (κ1) is 21.0. The van der Waals surface area contributed by atoms with Crippen molar-refractivity contribution >= 4 is 28.5 Å². The normalized spacial score (nSPS) is 13.3. The van der Waals surface area contributed by atoms with Gasteiger partial charge in [-0.2, -0.15) is 39.5 Å². The molecule has 0 spiro atoms. The highest BCUT2D eigenvalue weighted by atomic mass is 35.5. The Kier molecular flexibility index (Phi) is 4.60. The number of rotatable bonds is 1. The Morgan fingerprint density at radius 2 is 1.48 bits per heavy atom. The Morgan fingerprint density at radius 1 is 0.862 bits per heavy atom. The van der Waals surface area contributed by atoms with Crippen LogP contribution in [0.2, 0.25) is 5.02 Å². The molecular formula is C14H5ClF9N5. The first-order valence-electron chi connectivity index (χ1n) is 7.18. The molecule has 3 aromatic rings. The number of alkyl halides is 9. The molecule has 15 heteroatoms. The quantitative estimate of drug-likeness (QED) is 0.524. The molecule has 0 fully saturated rings. The first-order chi connectivity index (χ1) is 13.1. The van der Waals surface area contributed by atoms with Crippen LogP contribution >= 0.6 is 11.6 Å². The molecule has 0 saturated heterocycles. The predicted molar refractivity (Wildman–Crippen MR) is 81.1 cm³/mol. The molecule has 2 heterocycles. The lowest BCUT2D eigenvalue weighted by molar-refractivity contribution is -0.151. The molecule has 0 aliphatic carbocycles. The lowest BCUT2D eigenvalue weighted by atomic mass is 10.2. The minimum atomic E-state index is -5.35. The molecule has 1 aromatic carbocycles. The van der Waals surface area contributed by atoms with Crippen LogP contribution in [-0.2, 0) is 18.5 Å². The lowest BCUT2D eigenvalue weighted by Gasteiger charge is -2.11. The lowest BCUT2D eigenvalue weighted by Crippen LogP contribution is -2.17. The summed E-state index contributed by atoms with van der Waals surface area (Å²) in [5.74, 6) is -2.97. The Morgan fingerprint density at radius 3 is 1.97 bits per heavy atom. The van der Waals surface area contributed by atoms with Gasteiger partial charge in [0.25, 0.3) is 0 Å². The second-order valence-corrected chi connectivity index (χ2v) is 5.96. The Bertz CT molecular complexity index is 1100. The Balaban J connectivity index is 2.31. The zero-order valence-electron chi connectivity index (χ0n) is 13.4. The molecule has 29 heavy (non-hydrogen) atoms. The van der Waals surface area contributed by atoms with Crippen molar-refractivity contribution in [2.24, 2.45) is 0 Å². The monoisotopic (exact) mass is 449 g/mol. The van der Waals surface area contributed by atoms with E-state index < -0.39 is 63.2 Å². The average Bonchev–Trinajstić information content (AvgIpc) is 2.88. The third kappa shape index (κ3) is 3.75. The van der Waals surface area contributed by atoms with Gasteiger partial charge in [0.05, 0.1) is 21.7 Å². The fourth-order valence-electron chi connectivity index (χ4n) is 2.38. The third-order valence-electron chi connectivity index (χ3n) is 3.59. The van der Waals surface area contributed by atoms with Gasteiger partial charge < -0.3 is 5.73 Å². The van der Waals surface area contributed by atoms with Crippen molar-refractivity contribution in [3.8, 4) is 5.69 Å². The minimum absolute atomic E-state index is 0.406. The number of nitrogens with zero attached hydrogens (tertiary/aromatic N) is 4. The number of fused-ring (bicyclic) bond motifs is 1. The van der Waals surface area contributed by atoms with Crippen LogP contribution in [0.4, 0.5) is 45.3 Å². The molecule has 0 radical (unpaired) electrons. The number of benzene rings is 1. The van der Waals surface area contributed by atoms with Crippen LogP contribution in [-0.4, -0.2) is 19.7 Å². The van der Waals surface area contributed by atoms with Gasteiger partial charge in [-0.1, -0.05) is 11.6 Å². The van der Waals surface area contributed by atoms with Gasteiger partial charge in [0.15, 0.2) is 11.3 Å². The number of anilines is 1. The third-order valence-corrected chi connectivity index (χ3v) is 3.90. The van der Waals surface area contributed by atoms with E-state index in [1.807, 2.05) is 0 Å². The van der Waals surface area contributed by atoms with E-state index in [4.69, 9.17) is 17.3 Å². The van der Waals surface area contributed by atoms with Crippen molar-refractivity contribution in [2.45, 2.75) is 18.5 Å². The maximum absolute atomic E-state index is 13.2. The largest absolute Gasteiger partial charge is 0.451 e. The van der Waals surface area contributed by atoms with E-state index in [2.05, 4.69) is 15.1 Å². The van der Waals surface area contributed by atoms with Gasteiger partial charge in [-0.15, -0.1) is 5.10 Å². The molecule has 0 atom stereocenters. The van der Waals surface area contributed by atoms with Gasteiger partial charge in [0.1, 0.15) is 5.82 Å². The van der Waals surface area contributed by atoms with E-state index in [-0.39, 0.29) is 0 Å². The second kappa shape index (κ2) is 6.37. The first-order valence-corrected chi connectivity index (χ1v) is 7.56. The molecule has 0 unspecified atom stereocenters. The van der Waals surface area contributed by atoms with Crippen LogP contribution in [0, 0.1) is 0 Å². The van der Waals surface area contributed by atoms with E-state index in [1.165, 1.54) is 0 Å². The number of halogens is 10. The summed E-state index contributed by atoms with van der Waals surface area (Å²) in [7, 11) is 0. The van der Waals surface area contributed by atoms with Gasteiger partial charge in [0, 0.05) is 0 Å². The van der Waals surface area contributed by atoms with E-state index in [0.717, 1.165) is 6.07 Å². The molecule has 2 N–H and O–H groups in total. The highest BCUT2D eigenvalue weighted by Gasteiger charge is 2.43. The van der Waals surface area contributed by atoms with E-state index in [9.17, 15) is 39.5 Å². The van der Waals surface area contributed by atoms with Gasteiger partial charge in [-0.3, -0.25) is 0 Å². The van der Waals surface area contributed by atoms with Gasteiger partial charge in [0.2, 0.25) is 5.82 Å². The molecule has 5 nitrogen and oxygen atoms in total. The number of hydrogen-bond donors (Lipinski definition) is 1. The second-order valence-electron chi connectivity index (χ2n) is 5.55. The maximum Gasteiger partial charge on any atom is 0.451 e. The van der Waals surface area contributed by atoms with E-state index >= 15 is 0 Å². The minimum Gasteiger partial charge on any atom is -0.383 e. The van der Waals surface area contributed by atoms with E-state index in [0.29, 0.717) is 16.8 Å². The summed E-state index contributed by atoms with van der Waals surface area (Å²) in [6, 6.07) is 1.75. The van der Waals surface area contributed by atoms with Crippen LogP contribution < -0.4 is 5.73 Å². The zero-order chi connectivity index (χ0) is 21.9. The fourth-order valence-corrected chi connectivity index (χ4v) is 2.64. The van der Waals surface area contributed by atoms with Gasteiger partial charge in [-0.25, -0.2) is 14.6 Å². The van der Waals surface area contributed by atoms with Crippen LogP contribution in [0.5, 0.6) is 0 Å². The summed E-state index contributed by atoms with van der Waals surface area (Å²) >= 11 is 5.75. The van der Waals surface area contributed by atoms with Crippen molar-refractivity contribution < 1.29 is 39.5 Å².